The number of likely N-dealkylation sites (N-methyl/N-ethyl adjacent to an activating group) is 1. The Morgan fingerprint density at radius 2 is 1.82 bits per heavy atom. The second-order valence-corrected chi connectivity index (χ2v) is 6.45. The zero-order valence-corrected chi connectivity index (χ0v) is 13.4. The molecule has 1 amide bonds. The van der Waals surface area contributed by atoms with Gasteiger partial charge in [0, 0.05) is 26.7 Å². The van der Waals surface area contributed by atoms with Gasteiger partial charge in [0.25, 0.3) is 0 Å². The minimum atomic E-state index is 0.105. The highest BCUT2D eigenvalue weighted by Gasteiger charge is 2.33. The number of carbonyl (C=O) groups excluding carboxylic acids is 1. The van der Waals surface area contributed by atoms with E-state index in [0.717, 1.165) is 45.3 Å². The van der Waals surface area contributed by atoms with Crippen LogP contribution in [0.3, 0.4) is 0 Å². The minimum absolute atomic E-state index is 0.105. The van der Waals surface area contributed by atoms with Crippen molar-refractivity contribution >= 4 is 5.91 Å². The Morgan fingerprint density at radius 3 is 2.55 bits per heavy atom. The lowest BCUT2D eigenvalue weighted by atomic mass is 9.99. The molecule has 1 aromatic rings. The highest BCUT2D eigenvalue weighted by molar-refractivity contribution is 5.82. The Hall–Kier alpha value is -1.39. The van der Waals surface area contributed by atoms with E-state index in [1.165, 1.54) is 5.56 Å². The number of rotatable bonds is 4. The molecule has 0 aromatic heterocycles. The van der Waals surface area contributed by atoms with Crippen molar-refractivity contribution in [2.75, 3.05) is 26.7 Å². The van der Waals surface area contributed by atoms with Crippen molar-refractivity contribution in [3.63, 3.8) is 0 Å². The first-order valence-electron chi connectivity index (χ1n) is 8.38. The molecule has 22 heavy (non-hydrogen) atoms. The van der Waals surface area contributed by atoms with Crippen molar-refractivity contribution < 1.29 is 9.53 Å². The maximum Gasteiger partial charge on any atom is 0.239 e. The Balaban J connectivity index is 1.45. The third-order valence-corrected chi connectivity index (χ3v) is 4.88. The summed E-state index contributed by atoms with van der Waals surface area (Å²) in [4.78, 5) is 16.5. The topological polar surface area (TPSA) is 32.8 Å². The molecule has 2 heterocycles. The summed E-state index contributed by atoms with van der Waals surface area (Å²) in [6.07, 6.45) is 4.52. The van der Waals surface area contributed by atoms with Gasteiger partial charge >= 0.3 is 0 Å². The van der Waals surface area contributed by atoms with Gasteiger partial charge in [-0.15, -0.1) is 0 Å². The molecule has 120 valence electrons. The van der Waals surface area contributed by atoms with Crippen LogP contribution in [0, 0.1) is 0 Å². The summed E-state index contributed by atoms with van der Waals surface area (Å²) >= 11 is 0. The van der Waals surface area contributed by atoms with Crippen molar-refractivity contribution in [3.8, 4) is 0 Å². The van der Waals surface area contributed by atoms with Gasteiger partial charge in [0.05, 0.1) is 18.8 Å². The van der Waals surface area contributed by atoms with Gasteiger partial charge < -0.3 is 9.64 Å². The summed E-state index contributed by atoms with van der Waals surface area (Å²) in [6.45, 7) is 3.55. The molecular weight excluding hydrogens is 276 g/mol. The van der Waals surface area contributed by atoms with Crippen LogP contribution in [0.4, 0.5) is 0 Å². The molecule has 2 fully saturated rings. The van der Waals surface area contributed by atoms with Gasteiger partial charge in [0.1, 0.15) is 0 Å². The smallest absolute Gasteiger partial charge is 0.239 e. The van der Waals surface area contributed by atoms with E-state index in [1.807, 2.05) is 30.1 Å². The Morgan fingerprint density at radius 1 is 1.09 bits per heavy atom. The molecule has 2 saturated heterocycles. The molecule has 0 aliphatic carbocycles. The maximum atomic E-state index is 12.3. The van der Waals surface area contributed by atoms with Crippen LogP contribution in [0.2, 0.25) is 0 Å². The summed E-state index contributed by atoms with van der Waals surface area (Å²) < 4.78 is 6.03. The normalized spacial score (nSPS) is 24.7. The molecule has 0 radical (unpaired) electrons. The van der Waals surface area contributed by atoms with E-state index in [2.05, 4.69) is 17.0 Å². The molecule has 1 atom stereocenters. The first-order chi connectivity index (χ1) is 10.7. The summed E-state index contributed by atoms with van der Waals surface area (Å²) in [6, 6.07) is 10.4. The monoisotopic (exact) mass is 302 g/mol. The Bertz CT molecular complexity index is 483. The van der Waals surface area contributed by atoms with Crippen molar-refractivity contribution in [2.45, 2.75) is 44.4 Å². The van der Waals surface area contributed by atoms with Gasteiger partial charge in [-0.3, -0.25) is 9.69 Å². The third kappa shape index (κ3) is 3.68. The predicted molar refractivity (Wildman–Crippen MR) is 86.5 cm³/mol. The number of amides is 1. The second kappa shape index (κ2) is 7.25. The van der Waals surface area contributed by atoms with E-state index in [9.17, 15) is 4.79 Å². The van der Waals surface area contributed by atoms with Crippen LogP contribution in [0.15, 0.2) is 30.3 Å². The van der Waals surface area contributed by atoms with E-state index >= 15 is 0 Å². The highest BCUT2D eigenvalue weighted by Crippen LogP contribution is 2.22. The molecule has 1 aromatic carbocycles. The van der Waals surface area contributed by atoms with Crippen molar-refractivity contribution in [3.05, 3.63) is 35.9 Å². The van der Waals surface area contributed by atoms with Crippen LogP contribution in [0.1, 0.15) is 31.2 Å². The number of benzene rings is 1. The molecule has 4 nitrogen and oxygen atoms in total. The van der Waals surface area contributed by atoms with Crippen LogP contribution < -0.4 is 0 Å². The fourth-order valence-corrected chi connectivity index (χ4v) is 3.49. The van der Waals surface area contributed by atoms with Crippen molar-refractivity contribution in [1.82, 2.24) is 9.80 Å². The molecule has 2 aliphatic rings. The summed E-state index contributed by atoms with van der Waals surface area (Å²) in [5.41, 5.74) is 1.23. The van der Waals surface area contributed by atoms with E-state index < -0.39 is 0 Å². The number of hydrogen-bond acceptors (Lipinski definition) is 3. The molecule has 0 saturated carbocycles. The zero-order chi connectivity index (χ0) is 15.4. The summed E-state index contributed by atoms with van der Waals surface area (Å²) in [5, 5.41) is 0. The summed E-state index contributed by atoms with van der Waals surface area (Å²) in [7, 11) is 1.92. The molecule has 4 heteroatoms. The van der Waals surface area contributed by atoms with Crippen LogP contribution in [-0.4, -0.2) is 54.5 Å². The van der Waals surface area contributed by atoms with Crippen molar-refractivity contribution in [2.24, 2.45) is 0 Å². The van der Waals surface area contributed by atoms with E-state index in [0.29, 0.717) is 18.6 Å². The fraction of sp³-hybridized carbons (Fsp3) is 0.611. The quantitative estimate of drug-likeness (QED) is 0.855. The molecule has 0 N–H and O–H groups in total. The molecule has 3 rings (SSSR count). The maximum absolute atomic E-state index is 12.3. The first-order valence-corrected chi connectivity index (χ1v) is 8.38. The number of likely N-dealkylation sites (tertiary alicyclic amines) is 2. The Kier molecular flexibility index (Phi) is 5.11. The lowest BCUT2D eigenvalue weighted by Crippen LogP contribution is -2.53. The molecule has 0 unspecified atom stereocenters. The molecule has 0 bridgehead atoms. The van der Waals surface area contributed by atoms with Gasteiger partial charge in [-0.25, -0.2) is 0 Å². The fourth-order valence-electron chi connectivity index (χ4n) is 3.49. The van der Waals surface area contributed by atoms with Gasteiger partial charge in [0.2, 0.25) is 5.91 Å². The van der Waals surface area contributed by atoms with E-state index in [-0.39, 0.29) is 6.04 Å². The highest BCUT2D eigenvalue weighted by atomic mass is 16.5. The number of carbonyl (C=O) groups is 1. The second-order valence-electron chi connectivity index (χ2n) is 6.45. The van der Waals surface area contributed by atoms with Crippen LogP contribution in [0.25, 0.3) is 0 Å². The third-order valence-electron chi connectivity index (χ3n) is 4.88. The average molecular weight is 302 g/mol. The van der Waals surface area contributed by atoms with Crippen LogP contribution in [-0.2, 0) is 16.1 Å². The standard InChI is InChI=1S/C18H26N2O2/c1-19-11-5-8-17(18(19)21)20-12-9-16(10-13-20)22-14-15-6-3-2-4-7-15/h2-4,6-7,16-17H,5,8-14H2,1H3/t17-/m0/s1. The van der Waals surface area contributed by atoms with Crippen molar-refractivity contribution in [1.29, 1.82) is 0 Å². The summed E-state index contributed by atoms with van der Waals surface area (Å²) in [5.74, 6) is 0.301. The van der Waals surface area contributed by atoms with Crippen LogP contribution >= 0.6 is 0 Å². The van der Waals surface area contributed by atoms with Gasteiger partial charge in [0.15, 0.2) is 0 Å². The SMILES string of the molecule is CN1CCC[C@H](N2CCC(OCc3ccccc3)CC2)C1=O. The number of ether oxygens (including phenoxy) is 1. The predicted octanol–water partition coefficient (Wildman–Crippen LogP) is 2.29. The van der Waals surface area contributed by atoms with Crippen LogP contribution in [0.5, 0.6) is 0 Å². The number of hydrogen-bond donors (Lipinski definition) is 0. The van der Waals surface area contributed by atoms with E-state index in [4.69, 9.17) is 4.74 Å². The minimum Gasteiger partial charge on any atom is -0.373 e. The lowest BCUT2D eigenvalue weighted by molar-refractivity contribution is -0.140. The Labute approximate surface area is 133 Å². The first kappa shape index (κ1) is 15.5. The molecule has 2 aliphatic heterocycles. The lowest BCUT2D eigenvalue weighted by Gasteiger charge is -2.40. The number of nitrogens with zero attached hydrogens (tertiary/aromatic N) is 2. The van der Waals surface area contributed by atoms with Gasteiger partial charge in [-0.1, -0.05) is 30.3 Å². The largest absolute Gasteiger partial charge is 0.373 e. The zero-order valence-electron chi connectivity index (χ0n) is 13.4. The van der Waals surface area contributed by atoms with Gasteiger partial charge in [-0.2, -0.15) is 0 Å². The average Bonchev–Trinajstić information content (AvgIpc) is 2.57. The number of piperidine rings is 2. The van der Waals surface area contributed by atoms with E-state index in [1.54, 1.807) is 0 Å². The molecular formula is C18H26N2O2. The van der Waals surface area contributed by atoms with Gasteiger partial charge in [-0.05, 0) is 31.2 Å². The molecule has 0 spiro atoms.